The molecule has 3 aromatic rings. The lowest BCUT2D eigenvalue weighted by molar-refractivity contribution is 0.692. The number of rotatable bonds is 3. The minimum Gasteiger partial charge on any atom is -0.309 e. The van der Waals surface area contributed by atoms with Crippen molar-refractivity contribution in [2.75, 3.05) is 7.05 Å². The number of fused-ring (bicyclic) bond motifs is 1. The van der Waals surface area contributed by atoms with E-state index in [0.717, 1.165) is 5.02 Å². The van der Waals surface area contributed by atoms with Crippen LogP contribution in [-0.2, 0) is 0 Å². The lowest BCUT2D eigenvalue weighted by atomic mass is 9.95. The molecular formula is C19H18ClN. The van der Waals surface area contributed by atoms with E-state index in [2.05, 4.69) is 60.8 Å². The number of aryl methyl sites for hydroxylation is 1. The first kappa shape index (κ1) is 14.1. The van der Waals surface area contributed by atoms with Crippen molar-refractivity contribution in [1.82, 2.24) is 5.32 Å². The van der Waals surface area contributed by atoms with Crippen LogP contribution in [0, 0.1) is 6.92 Å². The van der Waals surface area contributed by atoms with Gasteiger partial charge in [0.05, 0.1) is 6.04 Å². The lowest BCUT2D eigenvalue weighted by Crippen LogP contribution is -2.17. The van der Waals surface area contributed by atoms with Gasteiger partial charge in [-0.3, -0.25) is 0 Å². The van der Waals surface area contributed by atoms with Crippen LogP contribution < -0.4 is 5.32 Å². The molecule has 0 bridgehead atoms. The van der Waals surface area contributed by atoms with Gasteiger partial charge < -0.3 is 5.32 Å². The zero-order valence-corrected chi connectivity index (χ0v) is 13.0. The van der Waals surface area contributed by atoms with Gasteiger partial charge in [0.25, 0.3) is 0 Å². The molecule has 1 unspecified atom stereocenters. The Hall–Kier alpha value is -1.83. The van der Waals surface area contributed by atoms with Crippen molar-refractivity contribution in [1.29, 1.82) is 0 Å². The minimum atomic E-state index is 0.145. The Bertz CT molecular complexity index is 759. The molecule has 2 heteroatoms. The molecule has 0 saturated heterocycles. The quantitative estimate of drug-likeness (QED) is 0.708. The highest BCUT2D eigenvalue weighted by molar-refractivity contribution is 6.30. The van der Waals surface area contributed by atoms with Gasteiger partial charge in [0.1, 0.15) is 0 Å². The molecule has 1 nitrogen and oxygen atoms in total. The van der Waals surface area contributed by atoms with Gasteiger partial charge in [-0.1, -0.05) is 54.1 Å². The zero-order valence-electron chi connectivity index (χ0n) is 12.2. The third kappa shape index (κ3) is 2.94. The maximum Gasteiger partial charge on any atom is 0.0575 e. The van der Waals surface area contributed by atoms with Crippen LogP contribution in [0.15, 0.2) is 60.7 Å². The van der Waals surface area contributed by atoms with E-state index in [1.807, 2.05) is 19.2 Å². The summed E-state index contributed by atoms with van der Waals surface area (Å²) < 4.78 is 0. The molecule has 3 aromatic carbocycles. The molecule has 0 saturated carbocycles. The SMILES string of the molecule is CNC(c1cc(C)cc(Cl)c1)c1ccc2ccccc2c1. The molecule has 0 heterocycles. The molecule has 0 fully saturated rings. The smallest absolute Gasteiger partial charge is 0.0575 e. The summed E-state index contributed by atoms with van der Waals surface area (Å²) in [5.74, 6) is 0. The third-order valence-electron chi connectivity index (χ3n) is 3.79. The van der Waals surface area contributed by atoms with E-state index >= 15 is 0 Å². The van der Waals surface area contributed by atoms with Crippen LogP contribution in [0.4, 0.5) is 0 Å². The van der Waals surface area contributed by atoms with Crippen LogP contribution in [0.2, 0.25) is 5.02 Å². The van der Waals surface area contributed by atoms with Crippen LogP contribution in [0.25, 0.3) is 10.8 Å². The van der Waals surface area contributed by atoms with Crippen LogP contribution in [0.1, 0.15) is 22.7 Å². The van der Waals surface area contributed by atoms with Crippen molar-refractivity contribution in [3.8, 4) is 0 Å². The van der Waals surface area contributed by atoms with E-state index in [1.54, 1.807) is 0 Å². The summed E-state index contributed by atoms with van der Waals surface area (Å²) in [6.45, 7) is 2.07. The van der Waals surface area contributed by atoms with Crippen molar-refractivity contribution in [2.45, 2.75) is 13.0 Å². The molecule has 3 rings (SSSR count). The average molecular weight is 296 g/mol. The maximum atomic E-state index is 6.21. The van der Waals surface area contributed by atoms with Gasteiger partial charge in [0.15, 0.2) is 0 Å². The van der Waals surface area contributed by atoms with Gasteiger partial charge in [-0.25, -0.2) is 0 Å². The number of halogens is 1. The molecule has 21 heavy (non-hydrogen) atoms. The van der Waals surface area contributed by atoms with Crippen LogP contribution in [0.5, 0.6) is 0 Å². The molecule has 1 N–H and O–H groups in total. The summed E-state index contributed by atoms with van der Waals surface area (Å²) in [5.41, 5.74) is 3.62. The van der Waals surface area contributed by atoms with Crippen molar-refractivity contribution in [3.05, 3.63) is 82.4 Å². The molecule has 106 valence electrons. The second-order valence-corrected chi connectivity index (χ2v) is 5.83. The summed E-state index contributed by atoms with van der Waals surface area (Å²) in [4.78, 5) is 0. The van der Waals surface area contributed by atoms with E-state index < -0.39 is 0 Å². The van der Waals surface area contributed by atoms with Crippen LogP contribution in [-0.4, -0.2) is 7.05 Å². The lowest BCUT2D eigenvalue weighted by Gasteiger charge is -2.19. The summed E-state index contributed by atoms with van der Waals surface area (Å²) in [7, 11) is 1.98. The predicted molar refractivity (Wildman–Crippen MR) is 91.0 cm³/mol. The first-order valence-corrected chi connectivity index (χ1v) is 7.48. The molecule has 0 aliphatic rings. The normalized spacial score (nSPS) is 12.5. The first-order valence-electron chi connectivity index (χ1n) is 7.10. The largest absolute Gasteiger partial charge is 0.309 e. The van der Waals surface area contributed by atoms with Gasteiger partial charge in [0.2, 0.25) is 0 Å². The van der Waals surface area contributed by atoms with E-state index in [4.69, 9.17) is 11.6 Å². The summed E-state index contributed by atoms with van der Waals surface area (Å²) in [5, 5.41) is 6.70. The molecule has 0 aromatic heterocycles. The van der Waals surface area contributed by atoms with Crippen molar-refractivity contribution < 1.29 is 0 Å². The first-order chi connectivity index (χ1) is 10.2. The van der Waals surface area contributed by atoms with E-state index in [9.17, 15) is 0 Å². The summed E-state index contributed by atoms with van der Waals surface area (Å²) in [6.07, 6.45) is 0. The molecule has 0 aliphatic heterocycles. The fourth-order valence-corrected chi connectivity index (χ4v) is 3.14. The number of benzene rings is 3. The molecular weight excluding hydrogens is 278 g/mol. The Labute approximate surface area is 130 Å². The topological polar surface area (TPSA) is 12.0 Å². The minimum absolute atomic E-state index is 0.145. The second kappa shape index (κ2) is 5.88. The van der Waals surface area contributed by atoms with E-state index in [1.165, 1.54) is 27.5 Å². The highest BCUT2D eigenvalue weighted by Gasteiger charge is 2.13. The maximum absolute atomic E-state index is 6.21. The molecule has 0 spiro atoms. The highest BCUT2D eigenvalue weighted by Crippen LogP contribution is 2.28. The Morgan fingerprint density at radius 3 is 2.33 bits per heavy atom. The molecule has 0 aliphatic carbocycles. The van der Waals surface area contributed by atoms with Gasteiger partial charge in [-0.2, -0.15) is 0 Å². The molecule has 0 amide bonds. The summed E-state index contributed by atoms with van der Waals surface area (Å²) in [6, 6.07) is 21.4. The monoisotopic (exact) mass is 295 g/mol. The number of hydrogen-bond acceptors (Lipinski definition) is 1. The third-order valence-corrected chi connectivity index (χ3v) is 4.01. The fourth-order valence-electron chi connectivity index (χ4n) is 2.84. The standard InChI is InChI=1S/C19H18ClN/c1-13-9-17(12-18(20)10-13)19(21-2)16-8-7-14-5-3-4-6-15(14)11-16/h3-12,19,21H,1-2H3. The van der Waals surface area contributed by atoms with Crippen LogP contribution >= 0.6 is 11.6 Å². The van der Waals surface area contributed by atoms with Crippen molar-refractivity contribution in [2.24, 2.45) is 0 Å². The van der Waals surface area contributed by atoms with Gasteiger partial charge in [-0.05, 0) is 59.6 Å². The summed E-state index contributed by atoms with van der Waals surface area (Å²) >= 11 is 6.21. The fraction of sp³-hybridized carbons (Fsp3) is 0.158. The van der Waals surface area contributed by atoms with Crippen molar-refractivity contribution in [3.63, 3.8) is 0 Å². The van der Waals surface area contributed by atoms with Gasteiger partial charge in [0, 0.05) is 5.02 Å². The van der Waals surface area contributed by atoms with Crippen LogP contribution in [0.3, 0.4) is 0 Å². The number of nitrogens with one attached hydrogen (secondary N) is 1. The van der Waals surface area contributed by atoms with Crippen molar-refractivity contribution >= 4 is 22.4 Å². The molecule has 1 atom stereocenters. The van der Waals surface area contributed by atoms with E-state index in [0.29, 0.717) is 0 Å². The average Bonchev–Trinajstić information content (AvgIpc) is 2.47. The Morgan fingerprint density at radius 2 is 1.62 bits per heavy atom. The predicted octanol–water partition coefficient (Wildman–Crippen LogP) is 5.11. The number of hydrogen-bond donors (Lipinski definition) is 1. The Balaban J connectivity index is 2.08. The van der Waals surface area contributed by atoms with E-state index in [-0.39, 0.29) is 6.04 Å². The molecule has 0 radical (unpaired) electrons. The second-order valence-electron chi connectivity index (χ2n) is 5.39. The zero-order chi connectivity index (χ0) is 14.8. The Kier molecular flexibility index (Phi) is 3.96. The Morgan fingerprint density at radius 1 is 0.857 bits per heavy atom. The highest BCUT2D eigenvalue weighted by atomic mass is 35.5. The van der Waals surface area contributed by atoms with Gasteiger partial charge >= 0.3 is 0 Å². The van der Waals surface area contributed by atoms with Gasteiger partial charge in [-0.15, -0.1) is 0 Å².